The van der Waals surface area contributed by atoms with Crippen molar-refractivity contribution >= 4 is 33.4 Å². The minimum absolute atomic E-state index is 0.00307. The number of amides is 2. The number of carbonyl (C=O) groups is 2. The minimum atomic E-state index is -0.750. The topological polar surface area (TPSA) is 112 Å². The summed E-state index contributed by atoms with van der Waals surface area (Å²) in [5.74, 6) is -0.648. The Bertz CT molecular complexity index is 1080. The van der Waals surface area contributed by atoms with Crippen LogP contribution < -0.4 is 24.7 Å². The van der Waals surface area contributed by atoms with E-state index in [4.69, 9.17) is 9.26 Å². The molecule has 2 aromatic carbocycles. The van der Waals surface area contributed by atoms with Crippen LogP contribution in [0.15, 0.2) is 57.5 Å². The van der Waals surface area contributed by atoms with Gasteiger partial charge in [0.25, 0.3) is 11.6 Å². The maximum atomic E-state index is 12.8. The average Bonchev–Trinajstić information content (AvgIpc) is 3.26. The van der Waals surface area contributed by atoms with Gasteiger partial charge in [-0.1, -0.05) is 15.9 Å². The minimum Gasteiger partial charge on any atom is -0.539 e. The zero-order valence-corrected chi connectivity index (χ0v) is 17.5. The van der Waals surface area contributed by atoms with E-state index in [1.807, 2.05) is 0 Å². The molecule has 154 valence electrons. The van der Waals surface area contributed by atoms with Crippen molar-refractivity contribution < 1.29 is 28.6 Å². The van der Waals surface area contributed by atoms with E-state index < -0.39 is 12.0 Å². The molecule has 4 rings (SSSR count). The normalized spacial score (nSPS) is 16.3. The number of rotatable bonds is 6. The number of hydrogen-bond donors (Lipinski definition) is 1. The second kappa shape index (κ2) is 8.25. The number of ether oxygens (including phenoxy) is 1. The second-order valence-electron chi connectivity index (χ2n) is 6.60. The smallest absolute Gasteiger partial charge is 0.253 e. The number of carbonyl (C=O) groups excluding carboxylic acids is 2. The molecule has 1 unspecified atom stereocenters. The number of halogens is 1. The second-order valence-corrected chi connectivity index (χ2v) is 7.51. The molecular formula is C20H17BrN4O5. The summed E-state index contributed by atoms with van der Waals surface area (Å²) in [5.41, 5.74) is 1.31. The number of aromatic nitrogens is 2. The van der Waals surface area contributed by atoms with Crippen molar-refractivity contribution in [3.63, 3.8) is 0 Å². The fourth-order valence-corrected chi connectivity index (χ4v) is 3.48. The van der Waals surface area contributed by atoms with Crippen LogP contribution in [-0.2, 0) is 16.1 Å². The van der Waals surface area contributed by atoms with Crippen molar-refractivity contribution in [2.45, 2.75) is 19.0 Å². The Hall–Kier alpha value is -3.24. The van der Waals surface area contributed by atoms with E-state index >= 15 is 0 Å². The van der Waals surface area contributed by atoms with Crippen molar-refractivity contribution in [2.75, 3.05) is 12.0 Å². The van der Waals surface area contributed by atoms with Gasteiger partial charge < -0.3 is 14.4 Å². The number of hydrogen-bond acceptors (Lipinski definition) is 7. The lowest BCUT2D eigenvalue weighted by molar-refractivity contribution is -0.677. The molecule has 0 spiro atoms. The van der Waals surface area contributed by atoms with E-state index in [0.29, 0.717) is 17.1 Å². The Morgan fingerprint density at radius 3 is 2.60 bits per heavy atom. The van der Waals surface area contributed by atoms with Gasteiger partial charge in [-0.15, -0.1) is 0 Å². The monoisotopic (exact) mass is 472 g/mol. The summed E-state index contributed by atoms with van der Waals surface area (Å²) >= 11 is 3.33. The van der Waals surface area contributed by atoms with Gasteiger partial charge in [0.15, 0.2) is 5.95 Å². The summed E-state index contributed by atoms with van der Waals surface area (Å²) in [7, 11) is 1.56. The summed E-state index contributed by atoms with van der Waals surface area (Å²) in [6.45, 7) is 0.00618. The summed E-state index contributed by atoms with van der Waals surface area (Å²) in [5, 5.41) is 18.9. The number of nitrogens with zero attached hydrogens (tertiary/aromatic N) is 3. The lowest BCUT2D eigenvalue weighted by Gasteiger charge is -2.15. The highest BCUT2D eigenvalue weighted by atomic mass is 79.9. The van der Waals surface area contributed by atoms with Gasteiger partial charge in [0, 0.05) is 16.6 Å². The first kappa shape index (κ1) is 20.0. The van der Waals surface area contributed by atoms with Gasteiger partial charge in [-0.3, -0.25) is 14.9 Å². The Kier molecular flexibility index (Phi) is 5.51. The van der Waals surface area contributed by atoms with Crippen molar-refractivity contribution in [1.82, 2.24) is 10.6 Å². The van der Waals surface area contributed by atoms with Crippen LogP contribution in [0.25, 0.3) is 5.69 Å². The van der Waals surface area contributed by atoms with E-state index in [1.165, 1.54) is 4.68 Å². The summed E-state index contributed by atoms with van der Waals surface area (Å²) in [4.78, 5) is 26.3. The first-order valence-corrected chi connectivity index (χ1v) is 9.85. The first-order valence-electron chi connectivity index (χ1n) is 9.06. The summed E-state index contributed by atoms with van der Waals surface area (Å²) in [6, 6.07) is 13.1. The van der Waals surface area contributed by atoms with Crippen molar-refractivity contribution in [3.05, 3.63) is 58.7 Å². The van der Waals surface area contributed by atoms with Crippen LogP contribution >= 0.6 is 15.9 Å². The molecule has 1 aliphatic rings. The molecule has 2 heterocycles. The van der Waals surface area contributed by atoms with Crippen molar-refractivity contribution in [1.29, 1.82) is 0 Å². The molecular weight excluding hydrogens is 456 g/mol. The molecule has 1 aliphatic heterocycles. The number of imide groups is 1. The van der Waals surface area contributed by atoms with Crippen LogP contribution in [0.5, 0.6) is 11.7 Å². The zero-order chi connectivity index (χ0) is 21.3. The molecule has 9 nitrogen and oxygen atoms in total. The molecule has 1 saturated heterocycles. The number of anilines is 1. The maximum Gasteiger partial charge on any atom is 0.253 e. The van der Waals surface area contributed by atoms with E-state index in [9.17, 15) is 14.7 Å². The molecule has 3 aromatic rings. The standard InChI is InChI=1S/C20H17BrN4O5/c1-29-15-8-6-14(7-9-15)25-17(20(28)30-23-25)11-22-16-10-18(26)24(19(16)27)13-4-2-12(21)3-5-13/h2-9,16,22H,10-11H2,1H3. The van der Waals surface area contributed by atoms with E-state index in [2.05, 4.69) is 26.5 Å². The van der Waals surface area contributed by atoms with Crippen LogP contribution in [0, 0.1) is 0 Å². The first-order chi connectivity index (χ1) is 14.5. The molecule has 0 radical (unpaired) electrons. The Balaban J connectivity index is 1.50. The van der Waals surface area contributed by atoms with Crippen LogP contribution in [0.3, 0.4) is 0 Å². The van der Waals surface area contributed by atoms with Crippen LogP contribution in [-0.4, -0.2) is 30.2 Å². The molecule has 2 amide bonds. The number of nitrogens with one attached hydrogen (secondary N) is 1. The van der Waals surface area contributed by atoms with Gasteiger partial charge in [0.2, 0.25) is 11.6 Å². The fourth-order valence-electron chi connectivity index (χ4n) is 3.21. The highest BCUT2D eigenvalue weighted by Gasteiger charge is 2.39. The molecule has 1 aromatic heterocycles. The molecule has 1 N–H and O–H groups in total. The number of methoxy groups -OCH3 is 1. The Morgan fingerprint density at radius 1 is 1.23 bits per heavy atom. The van der Waals surface area contributed by atoms with Crippen molar-refractivity contribution in [3.8, 4) is 17.4 Å². The molecule has 1 atom stereocenters. The SMILES string of the molecule is COc1ccc(-[n+]2noc([O-])c2CNC2CC(=O)N(c3ccc(Br)cc3)C2=O)cc1. The van der Waals surface area contributed by atoms with Crippen molar-refractivity contribution in [2.24, 2.45) is 0 Å². The predicted octanol–water partition coefficient (Wildman–Crippen LogP) is 1.22. The summed E-state index contributed by atoms with van der Waals surface area (Å²) in [6.07, 6.45) is -0.00307. The molecule has 30 heavy (non-hydrogen) atoms. The predicted molar refractivity (Wildman–Crippen MR) is 106 cm³/mol. The van der Waals surface area contributed by atoms with Gasteiger partial charge >= 0.3 is 0 Å². The van der Waals surface area contributed by atoms with Crippen LogP contribution in [0.4, 0.5) is 5.69 Å². The van der Waals surface area contributed by atoms with Crippen LogP contribution in [0.2, 0.25) is 0 Å². The largest absolute Gasteiger partial charge is 0.539 e. The molecule has 0 bridgehead atoms. The van der Waals surface area contributed by atoms with Gasteiger partial charge in [0.05, 0.1) is 37.1 Å². The van der Waals surface area contributed by atoms with Gasteiger partial charge in [-0.25, -0.2) is 4.90 Å². The third kappa shape index (κ3) is 3.79. The highest BCUT2D eigenvalue weighted by Crippen LogP contribution is 2.25. The van der Waals surface area contributed by atoms with Gasteiger partial charge in [-0.05, 0) is 41.1 Å². The quantitative estimate of drug-likeness (QED) is 0.423. The third-order valence-electron chi connectivity index (χ3n) is 4.76. The molecule has 0 saturated carbocycles. The lowest BCUT2D eigenvalue weighted by atomic mass is 10.2. The van der Waals surface area contributed by atoms with E-state index in [-0.39, 0.29) is 30.5 Å². The van der Waals surface area contributed by atoms with Gasteiger partial charge in [-0.2, -0.15) is 0 Å². The Labute approximate surface area is 180 Å². The molecule has 1 fully saturated rings. The molecule has 10 heteroatoms. The third-order valence-corrected chi connectivity index (χ3v) is 5.29. The van der Waals surface area contributed by atoms with E-state index in [0.717, 1.165) is 9.37 Å². The Morgan fingerprint density at radius 2 is 1.93 bits per heavy atom. The maximum absolute atomic E-state index is 12.8. The number of benzene rings is 2. The highest BCUT2D eigenvalue weighted by molar-refractivity contribution is 9.10. The van der Waals surface area contributed by atoms with Gasteiger partial charge in [0.1, 0.15) is 5.75 Å². The fraction of sp³-hybridized carbons (Fsp3) is 0.200. The zero-order valence-electron chi connectivity index (χ0n) is 15.9. The molecule has 0 aliphatic carbocycles. The van der Waals surface area contributed by atoms with Crippen LogP contribution in [0.1, 0.15) is 12.1 Å². The summed E-state index contributed by atoms with van der Waals surface area (Å²) < 4.78 is 12.1. The average molecular weight is 473 g/mol. The lowest BCUT2D eigenvalue weighted by Crippen LogP contribution is -2.43. The van der Waals surface area contributed by atoms with E-state index in [1.54, 1.807) is 55.6 Å².